The number of carbonyl (C=O) groups is 1. The number of hydrogen-bond acceptors (Lipinski definition) is 2. The Balaban J connectivity index is 2.48. The van der Waals surface area contributed by atoms with Crippen LogP contribution in [0.4, 0.5) is 13.2 Å². The number of carbonyl (C=O) groups excluding carboxylic acids is 1. The molecule has 1 rings (SSSR count). The first-order chi connectivity index (χ1) is 8.29. The summed E-state index contributed by atoms with van der Waals surface area (Å²) in [5.74, 6) is -0.677. The molecule has 6 heteroatoms. The maximum Gasteiger partial charge on any atom is 0.391 e. The van der Waals surface area contributed by atoms with Gasteiger partial charge in [-0.2, -0.15) is 13.2 Å². The van der Waals surface area contributed by atoms with Crippen molar-refractivity contribution in [3.63, 3.8) is 0 Å². The number of rotatable bonds is 3. The molecule has 106 valence electrons. The highest BCUT2D eigenvalue weighted by atomic mass is 19.4. The minimum atomic E-state index is -4.25. The Kier molecular flexibility index (Phi) is 5.44. The summed E-state index contributed by atoms with van der Waals surface area (Å²) in [6, 6.07) is -1.13. The topological polar surface area (TPSA) is 55.1 Å². The van der Waals surface area contributed by atoms with Crippen molar-refractivity contribution in [3.8, 4) is 0 Å². The molecule has 0 aliphatic heterocycles. The van der Waals surface area contributed by atoms with Crippen LogP contribution in [0.1, 0.15) is 45.4 Å². The van der Waals surface area contributed by atoms with Gasteiger partial charge in [0.05, 0.1) is 12.3 Å². The minimum Gasteiger partial charge on any atom is -0.353 e. The van der Waals surface area contributed by atoms with Crippen LogP contribution < -0.4 is 11.1 Å². The number of nitrogens with one attached hydrogen (secondary N) is 1. The molecule has 0 aromatic carbocycles. The molecule has 0 aromatic rings. The van der Waals surface area contributed by atoms with Gasteiger partial charge in [-0.15, -0.1) is 0 Å². The van der Waals surface area contributed by atoms with Crippen LogP contribution in [0.25, 0.3) is 0 Å². The fourth-order valence-electron chi connectivity index (χ4n) is 2.41. The van der Waals surface area contributed by atoms with Crippen molar-refractivity contribution < 1.29 is 18.0 Å². The van der Waals surface area contributed by atoms with E-state index in [-0.39, 0.29) is 17.9 Å². The molecule has 3 nitrogen and oxygen atoms in total. The maximum absolute atomic E-state index is 12.2. The van der Waals surface area contributed by atoms with E-state index in [1.165, 1.54) is 6.92 Å². The van der Waals surface area contributed by atoms with Gasteiger partial charge in [0, 0.05) is 12.1 Å². The molecule has 0 aromatic heterocycles. The smallest absolute Gasteiger partial charge is 0.353 e. The second-order valence-corrected chi connectivity index (χ2v) is 5.14. The lowest BCUT2D eigenvalue weighted by Gasteiger charge is -2.23. The van der Waals surface area contributed by atoms with Crippen LogP contribution in [-0.2, 0) is 4.79 Å². The molecule has 3 N–H and O–H groups in total. The number of hydrogen-bond donors (Lipinski definition) is 2. The lowest BCUT2D eigenvalue weighted by atomic mass is 9.94. The van der Waals surface area contributed by atoms with Gasteiger partial charge in [0.15, 0.2) is 0 Å². The van der Waals surface area contributed by atoms with Crippen LogP contribution >= 0.6 is 0 Å². The van der Waals surface area contributed by atoms with Gasteiger partial charge in [-0.3, -0.25) is 4.79 Å². The molecule has 0 bridgehead atoms. The van der Waals surface area contributed by atoms with Gasteiger partial charge in [-0.1, -0.05) is 19.3 Å². The predicted molar refractivity (Wildman–Crippen MR) is 62.8 cm³/mol. The van der Waals surface area contributed by atoms with E-state index in [0.717, 1.165) is 25.7 Å². The Morgan fingerprint density at radius 3 is 2.56 bits per heavy atom. The van der Waals surface area contributed by atoms with Gasteiger partial charge in [0.2, 0.25) is 5.91 Å². The predicted octanol–water partition coefficient (Wildman–Crippen LogP) is 2.35. The highest BCUT2D eigenvalue weighted by molar-refractivity contribution is 5.79. The van der Waals surface area contributed by atoms with Crippen molar-refractivity contribution in [2.24, 2.45) is 11.7 Å². The fourth-order valence-corrected chi connectivity index (χ4v) is 2.41. The first-order valence-electron chi connectivity index (χ1n) is 6.42. The normalized spacial score (nSPS) is 27.4. The third-order valence-corrected chi connectivity index (χ3v) is 3.33. The largest absolute Gasteiger partial charge is 0.391 e. The van der Waals surface area contributed by atoms with E-state index in [1.807, 2.05) is 0 Å². The van der Waals surface area contributed by atoms with E-state index in [1.54, 1.807) is 0 Å². The van der Waals surface area contributed by atoms with Gasteiger partial charge in [-0.25, -0.2) is 0 Å². The van der Waals surface area contributed by atoms with Crippen LogP contribution in [0.15, 0.2) is 0 Å². The summed E-state index contributed by atoms with van der Waals surface area (Å²) in [7, 11) is 0. The molecule has 1 aliphatic carbocycles. The molecule has 0 radical (unpaired) electrons. The molecule has 0 spiro atoms. The number of nitrogens with two attached hydrogens (primary N) is 1. The Morgan fingerprint density at radius 2 is 1.94 bits per heavy atom. The Hall–Kier alpha value is -0.780. The highest BCUT2D eigenvalue weighted by Gasteiger charge is 2.33. The standard InChI is InChI=1S/C12H21F3N2O/c1-8(7-12(13,14)15)17-11(18)9-5-3-2-4-6-10(9)16/h8-10H,2-7,16H2,1H3,(H,17,18). The zero-order valence-electron chi connectivity index (χ0n) is 10.6. The van der Waals surface area contributed by atoms with E-state index in [2.05, 4.69) is 5.32 Å². The van der Waals surface area contributed by atoms with Crippen LogP contribution in [0.5, 0.6) is 0 Å². The molecule has 1 aliphatic rings. The van der Waals surface area contributed by atoms with E-state index in [0.29, 0.717) is 6.42 Å². The average Bonchev–Trinajstić information content (AvgIpc) is 2.39. The summed E-state index contributed by atoms with van der Waals surface area (Å²) in [4.78, 5) is 11.9. The third-order valence-electron chi connectivity index (χ3n) is 3.33. The molecular formula is C12H21F3N2O. The Morgan fingerprint density at radius 1 is 1.33 bits per heavy atom. The quantitative estimate of drug-likeness (QED) is 0.770. The number of amides is 1. The van der Waals surface area contributed by atoms with Crippen molar-refractivity contribution >= 4 is 5.91 Å². The van der Waals surface area contributed by atoms with Gasteiger partial charge in [-0.05, 0) is 19.8 Å². The first kappa shape index (κ1) is 15.3. The zero-order valence-corrected chi connectivity index (χ0v) is 10.6. The second-order valence-electron chi connectivity index (χ2n) is 5.14. The average molecular weight is 266 g/mol. The van der Waals surface area contributed by atoms with Gasteiger partial charge in [0.1, 0.15) is 0 Å². The van der Waals surface area contributed by atoms with Crippen molar-refractivity contribution in [1.29, 1.82) is 0 Å². The molecule has 1 fully saturated rings. The summed E-state index contributed by atoms with van der Waals surface area (Å²) < 4.78 is 36.5. The lowest BCUT2D eigenvalue weighted by molar-refractivity contribution is -0.142. The molecule has 3 unspecified atom stereocenters. The zero-order chi connectivity index (χ0) is 13.8. The van der Waals surface area contributed by atoms with Gasteiger partial charge >= 0.3 is 6.18 Å². The minimum absolute atomic E-state index is 0.231. The molecule has 18 heavy (non-hydrogen) atoms. The molecule has 1 amide bonds. The summed E-state index contributed by atoms with van der Waals surface area (Å²) in [5, 5.41) is 2.43. The Labute approximate surface area is 105 Å². The van der Waals surface area contributed by atoms with E-state index >= 15 is 0 Å². The maximum atomic E-state index is 12.2. The second kappa shape index (κ2) is 6.41. The van der Waals surface area contributed by atoms with Gasteiger partial charge < -0.3 is 11.1 Å². The van der Waals surface area contributed by atoms with Crippen LogP contribution in [0.3, 0.4) is 0 Å². The fraction of sp³-hybridized carbons (Fsp3) is 0.917. The van der Waals surface area contributed by atoms with E-state index < -0.39 is 18.6 Å². The first-order valence-corrected chi connectivity index (χ1v) is 6.42. The van der Waals surface area contributed by atoms with E-state index in [4.69, 9.17) is 5.73 Å². The number of halogens is 3. The lowest BCUT2D eigenvalue weighted by Crippen LogP contribution is -2.45. The van der Waals surface area contributed by atoms with E-state index in [9.17, 15) is 18.0 Å². The summed E-state index contributed by atoms with van der Waals surface area (Å²) >= 11 is 0. The van der Waals surface area contributed by atoms with Crippen molar-refractivity contribution in [3.05, 3.63) is 0 Å². The van der Waals surface area contributed by atoms with Crippen molar-refractivity contribution in [1.82, 2.24) is 5.32 Å². The molecule has 0 heterocycles. The summed E-state index contributed by atoms with van der Waals surface area (Å²) in [6.07, 6.45) is -0.867. The summed E-state index contributed by atoms with van der Waals surface area (Å²) in [6.45, 7) is 1.37. The third kappa shape index (κ3) is 5.25. The molecular weight excluding hydrogens is 245 g/mol. The van der Waals surface area contributed by atoms with Gasteiger partial charge in [0.25, 0.3) is 0 Å². The Bertz CT molecular complexity index is 281. The van der Waals surface area contributed by atoms with Crippen molar-refractivity contribution in [2.75, 3.05) is 0 Å². The molecule has 1 saturated carbocycles. The monoisotopic (exact) mass is 266 g/mol. The SMILES string of the molecule is CC(CC(F)(F)F)NC(=O)C1CCCCCC1N. The van der Waals surface area contributed by atoms with Crippen LogP contribution in [-0.4, -0.2) is 24.2 Å². The summed E-state index contributed by atoms with van der Waals surface area (Å²) in [5.41, 5.74) is 5.90. The van der Waals surface area contributed by atoms with Crippen LogP contribution in [0, 0.1) is 5.92 Å². The highest BCUT2D eigenvalue weighted by Crippen LogP contribution is 2.24. The van der Waals surface area contributed by atoms with Crippen molar-refractivity contribution in [2.45, 2.75) is 63.7 Å². The molecule has 3 atom stereocenters. The van der Waals surface area contributed by atoms with Crippen LogP contribution in [0.2, 0.25) is 0 Å². The molecule has 0 saturated heterocycles. The number of alkyl halides is 3.